The number of nitrogens with two attached hydrogens (primary N) is 1. The van der Waals surface area contributed by atoms with E-state index in [1.165, 1.54) is 25.7 Å². The molecule has 0 spiro atoms. The highest BCUT2D eigenvalue weighted by molar-refractivity contribution is 5.22. The van der Waals surface area contributed by atoms with E-state index in [1.807, 2.05) is 12.1 Å². The molecule has 1 unspecified atom stereocenters. The molecule has 3 heteroatoms. The van der Waals surface area contributed by atoms with Crippen LogP contribution in [-0.4, -0.2) is 24.0 Å². The van der Waals surface area contributed by atoms with Gasteiger partial charge < -0.3 is 5.73 Å². The Morgan fingerprint density at radius 3 is 2.50 bits per heavy atom. The Hall–Kier alpha value is -0.930. The molecule has 0 amide bonds. The molecule has 2 saturated carbocycles. The van der Waals surface area contributed by atoms with Gasteiger partial charge in [0.15, 0.2) is 0 Å². The molecule has 2 aliphatic carbocycles. The van der Waals surface area contributed by atoms with Crippen molar-refractivity contribution in [3.05, 3.63) is 35.6 Å². The molecule has 0 aromatic heterocycles. The Labute approximate surface area is 108 Å². The van der Waals surface area contributed by atoms with Crippen molar-refractivity contribution in [1.82, 2.24) is 4.90 Å². The van der Waals surface area contributed by atoms with Crippen molar-refractivity contribution in [1.29, 1.82) is 0 Å². The number of rotatable bonds is 6. The minimum absolute atomic E-state index is 0.0549. The Bertz CT molecular complexity index is 413. The first-order valence-corrected chi connectivity index (χ1v) is 7.00. The van der Waals surface area contributed by atoms with E-state index in [1.54, 1.807) is 12.1 Å². The summed E-state index contributed by atoms with van der Waals surface area (Å²) in [7, 11) is 0. The summed E-state index contributed by atoms with van der Waals surface area (Å²) in [5.74, 6) is 0.709. The van der Waals surface area contributed by atoms with E-state index in [2.05, 4.69) is 4.90 Å². The van der Waals surface area contributed by atoms with E-state index >= 15 is 0 Å². The van der Waals surface area contributed by atoms with Gasteiger partial charge in [0.2, 0.25) is 0 Å². The third-order valence-electron chi connectivity index (χ3n) is 4.07. The fourth-order valence-electron chi connectivity index (χ4n) is 2.72. The second kappa shape index (κ2) is 4.98. The van der Waals surface area contributed by atoms with Gasteiger partial charge in [-0.1, -0.05) is 18.2 Å². The normalized spacial score (nSPS) is 21.3. The molecule has 2 fully saturated rings. The number of hydrogen-bond acceptors (Lipinski definition) is 2. The van der Waals surface area contributed by atoms with Crippen LogP contribution < -0.4 is 5.73 Å². The van der Waals surface area contributed by atoms with Gasteiger partial charge in [0.05, 0.1) is 6.04 Å². The van der Waals surface area contributed by atoms with Crippen LogP contribution in [0, 0.1) is 11.7 Å². The summed E-state index contributed by atoms with van der Waals surface area (Å²) in [6.45, 7) is 1.60. The molecule has 3 rings (SSSR count). The van der Waals surface area contributed by atoms with Crippen molar-refractivity contribution in [3.8, 4) is 0 Å². The third-order valence-corrected chi connectivity index (χ3v) is 4.07. The molecule has 2 aliphatic rings. The predicted octanol–water partition coefficient (Wildman–Crippen LogP) is 2.70. The summed E-state index contributed by atoms with van der Waals surface area (Å²) >= 11 is 0. The lowest BCUT2D eigenvalue weighted by molar-refractivity contribution is 0.179. The average Bonchev–Trinajstić information content (AvgIpc) is 3.25. The molecule has 2 nitrogen and oxygen atoms in total. The maximum Gasteiger partial charge on any atom is 0.128 e. The molecule has 0 saturated heterocycles. The van der Waals surface area contributed by atoms with Crippen molar-refractivity contribution < 1.29 is 4.39 Å². The first-order valence-electron chi connectivity index (χ1n) is 7.00. The van der Waals surface area contributed by atoms with Crippen molar-refractivity contribution in [2.75, 3.05) is 13.1 Å². The second-order valence-electron chi connectivity index (χ2n) is 5.64. The number of benzene rings is 1. The summed E-state index contributed by atoms with van der Waals surface area (Å²) in [5.41, 5.74) is 6.70. The molecule has 0 radical (unpaired) electrons. The Morgan fingerprint density at radius 2 is 1.94 bits per heavy atom. The summed E-state index contributed by atoms with van der Waals surface area (Å²) < 4.78 is 13.9. The molecule has 2 N–H and O–H groups in total. The van der Waals surface area contributed by atoms with Gasteiger partial charge in [-0.3, -0.25) is 4.90 Å². The minimum atomic E-state index is -0.116. The van der Waals surface area contributed by atoms with Gasteiger partial charge >= 0.3 is 0 Å². The average molecular weight is 248 g/mol. The van der Waals surface area contributed by atoms with Crippen molar-refractivity contribution in [2.24, 2.45) is 11.7 Å². The highest BCUT2D eigenvalue weighted by atomic mass is 19.1. The molecule has 1 atom stereocenters. The number of halogens is 1. The van der Waals surface area contributed by atoms with Crippen LogP contribution in [-0.2, 0) is 0 Å². The van der Waals surface area contributed by atoms with Gasteiger partial charge in [-0.25, -0.2) is 4.39 Å². The maximum atomic E-state index is 13.9. The molecule has 18 heavy (non-hydrogen) atoms. The van der Waals surface area contributed by atoms with E-state index < -0.39 is 0 Å². The fourth-order valence-corrected chi connectivity index (χ4v) is 2.72. The second-order valence-corrected chi connectivity index (χ2v) is 5.64. The van der Waals surface area contributed by atoms with Gasteiger partial charge in [-0.15, -0.1) is 0 Å². The van der Waals surface area contributed by atoms with Crippen LogP contribution >= 0.6 is 0 Å². The lowest BCUT2D eigenvalue weighted by Crippen LogP contribution is -2.37. The minimum Gasteiger partial charge on any atom is -0.329 e. The molecule has 0 heterocycles. The first-order chi connectivity index (χ1) is 8.79. The topological polar surface area (TPSA) is 29.3 Å². The zero-order valence-corrected chi connectivity index (χ0v) is 10.7. The van der Waals surface area contributed by atoms with Gasteiger partial charge in [0, 0.05) is 24.7 Å². The van der Waals surface area contributed by atoms with Gasteiger partial charge in [0.25, 0.3) is 0 Å². The highest BCUT2D eigenvalue weighted by Crippen LogP contribution is 2.39. The molecule has 98 valence electrons. The summed E-state index contributed by atoms with van der Waals surface area (Å²) in [6, 6.07) is 7.77. The van der Waals surface area contributed by atoms with Crippen LogP contribution in [0.15, 0.2) is 24.3 Å². The Morgan fingerprint density at radius 1 is 1.22 bits per heavy atom. The van der Waals surface area contributed by atoms with Gasteiger partial charge in [-0.05, 0) is 37.7 Å². The van der Waals surface area contributed by atoms with Crippen LogP contribution in [0.2, 0.25) is 0 Å². The quantitative estimate of drug-likeness (QED) is 0.838. The summed E-state index contributed by atoms with van der Waals surface area (Å²) in [4.78, 5) is 2.45. The molecule has 0 bridgehead atoms. The van der Waals surface area contributed by atoms with Crippen LogP contribution in [0.3, 0.4) is 0 Å². The van der Waals surface area contributed by atoms with Crippen molar-refractivity contribution >= 4 is 0 Å². The van der Waals surface area contributed by atoms with E-state index in [0.29, 0.717) is 12.6 Å². The van der Waals surface area contributed by atoms with E-state index in [4.69, 9.17) is 5.73 Å². The van der Waals surface area contributed by atoms with Crippen LogP contribution in [0.25, 0.3) is 0 Å². The molecular formula is C15H21FN2. The molecular weight excluding hydrogens is 227 g/mol. The largest absolute Gasteiger partial charge is 0.329 e. The number of nitrogens with zero attached hydrogens (tertiary/aromatic N) is 1. The highest BCUT2D eigenvalue weighted by Gasteiger charge is 2.38. The van der Waals surface area contributed by atoms with Crippen LogP contribution in [0.5, 0.6) is 0 Å². The monoisotopic (exact) mass is 248 g/mol. The zero-order valence-electron chi connectivity index (χ0n) is 10.7. The lowest BCUT2D eigenvalue weighted by Gasteiger charge is -2.31. The third kappa shape index (κ3) is 2.57. The van der Waals surface area contributed by atoms with Crippen molar-refractivity contribution in [2.45, 2.75) is 37.8 Å². The van der Waals surface area contributed by atoms with Crippen molar-refractivity contribution in [3.63, 3.8) is 0 Å². The summed E-state index contributed by atoms with van der Waals surface area (Å²) in [6.07, 6.45) is 5.16. The van der Waals surface area contributed by atoms with Crippen LogP contribution in [0.4, 0.5) is 4.39 Å². The Kier molecular flexibility index (Phi) is 3.35. The smallest absolute Gasteiger partial charge is 0.128 e. The van der Waals surface area contributed by atoms with E-state index in [0.717, 1.165) is 18.0 Å². The lowest BCUT2D eigenvalue weighted by atomic mass is 10.0. The standard InChI is InChI=1S/C15H21FN2/c16-14-4-2-1-3-13(14)15(9-17)18(12-7-8-12)10-11-5-6-11/h1-4,11-12,15H,5-10,17H2. The predicted molar refractivity (Wildman–Crippen MR) is 70.6 cm³/mol. The molecule has 0 aliphatic heterocycles. The fraction of sp³-hybridized carbons (Fsp3) is 0.600. The van der Waals surface area contributed by atoms with Gasteiger partial charge in [-0.2, -0.15) is 0 Å². The SMILES string of the molecule is NCC(c1ccccc1F)N(CC1CC1)C1CC1. The maximum absolute atomic E-state index is 13.9. The van der Waals surface area contributed by atoms with Gasteiger partial charge in [0.1, 0.15) is 5.82 Å². The molecule has 1 aromatic rings. The summed E-state index contributed by atoms with van der Waals surface area (Å²) in [5, 5.41) is 0. The van der Waals surface area contributed by atoms with E-state index in [-0.39, 0.29) is 11.9 Å². The Balaban J connectivity index is 1.82. The zero-order chi connectivity index (χ0) is 12.5. The van der Waals surface area contributed by atoms with E-state index in [9.17, 15) is 4.39 Å². The first kappa shape index (κ1) is 12.1. The van der Waals surface area contributed by atoms with Crippen LogP contribution in [0.1, 0.15) is 37.3 Å². The molecule has 1 aromatic carbocycles. The number of hydrogen-bond donors (Lipinski definition) is 1.